The van der Waals surface area contributed by atoms with E-state index in [9.17, 15) is 13.2 Å². The highest BCUT2D eigenvalue weighted by molar-refractivity contribution is 8.08. The number of rotatable bonds is 6. The fourth-order valence-electron chi connectivity index (χ4n) is 2.69. The summed E-state index contributed by atoms with van der Waals surface area (Å²) >= 11 is 3.69. The number of nitrogens with one attached hydrogen (secondary N) is 2. The third kappa shape index (κ3) is 7.75. The molecule has 0 amide bonds. The predicted molar refractivity (Wildman–Crippen MR) is 127 cm³/mol. The highest BCUT2D eigenvalue weighted by Gasteiger charge is 2.32. The average Bonchev–Trinajstić information content (AvgIpc) is 2.70. The third-order valence-corrected chi connectivity index (χ3v) is 6.33. The highest BCUT2D eigenvalue weighted by Crippen LogP contribution is 2.33. The van der Waals surface area contributed by atoms with Gasteiger partial charge in [0.25, 0.3) is 0 Å². The zero-order valence-corrected chi connectivity index (χ0v) is 19.2. The first kappa shape index (κ1) is 24.4. The van der Waals surface area contributed by atoms with Gasteiger partial charge in [0.15, 0.2) is 0 Å². The van der Waals surface area contributed by atoms with E-state index < -0.39 is 11.9 Å². The van der Waals surface area contributed by atoms with Crippen molar-refractivity contribution >= 4 is 45.8 Å². The summed E-state index contributed by atoms with van der Waals surface area (Å²) in [5.74, 6) is 3.06. The van der Waals surface area contributed by atoms with E-state index in [2.05, 4.69) is 32.8 Å². The van der Waals surface area contributed by atoms with Crippen molar-refractivity contribution in [3.8, 4) is 0 Å². The van der Waals surface area contributed by atoms with Gasteiger partial charge in [0.2, 0.25) is 5.96 Å². The molecule has 0 saturated heterocycles. The predicted octanol–water partition coefficient (Wildman–Crippen LogP) is 5.73. The van der Waals surface area contributed by atoms with Crippen LogP contribution in [0.25, 0.3) is 4.91 Å². The Morgan fingerprint density at radius 2 is 2.07 bits per heavy atom. The second-order valence-corrected chi connectivity index (χ2v) is 8.90. The molecule has 0 radical (unpaired) electrons. The summed E-state index contributed by atoms with van der Waals surface area (Å²) in [7, 11) is 3.26. The number of alkyl halides is 3. The zero-order chi connectivity index (χ0) is 22.1. The lowest BCUT2D eigenvalue weighted by Crippen LogP contribution is -2.23. The van der Waals surface area contributed by atoms with Crippen LogP contribution in [0.4, 0.5) is 18.9 Å². The Balaban J connectivity index is 2.22. The van der Waals surface area contributed by atoms with Gasteiger partial charge in [-0.3, -0.25) is 4.99 Å². The standard InChI is InChI=1S/C21H27F3N4S2/c1-14-9-17(19(12-25-3)30-13-16-5-7-29-8-6-16)11-18(10-14)28-20(26-4)27-15(2)21(22,23)24/h5,9-12,25H,6-8,13H2,1-4H3,(H,26,28)/b19-12-,27-15+. The average molecular weight is 457 g/mol. The van der Waals surface area contributed by atoms with Crippen molar-refractivity contribution < 1.29 is 13.2 Å². The maximum Gasteiger partial charge on any atom is 0.429 e. The van der Waals surface area contributed by atoms with Crippen LogP contribution >= 0.6 is 23.5 Å². The van der Waals surface area contributed by atoms with E-state index in [1.54, 1.807) is 11.8 Å². The third-order valence-electron chi connectivity index (χ3n) is 4.26. The van der Waals surface area contributed by atoms with Gasteiger partial charge in [0.05, 0.1) is 0 Å². The highest BCUT2D eigenvalue weighted by atomic mass is 32.2. The van der Waals surface area contributed by atoms with Crippen molar-refractivity contribution in [1.29, 1.82) is 0 Å². The lowest BCUT2D eigenvalue weighted by atomic mass is 10.1. The quantitative estimate of drug-likeness (QED) is 0.326. The summed E-state index contributed by atoms with van der Waals surface area (Å²) in [6.45, 7) is 2.88. The van der Waals surface area contributed by atoms with Gasteiger partial charge in [0, 0.05) is 42.4 Å². The van der Waals surface area contributed by atoms with Crippen LogP contribution in [-0.2, 0) is 0 Å². The van der Waals surface area contributed by atoms with Crippen LogP contribution < -0.4 is 10.6 Å². The molecule has 0 aliphatic carbocycles. The van der Waals surface area contributed by atoms with Crippen molar-refractivity contribution in [3.05, 3.63) is 47.2 Å². The first-order chi connectivity index (χ1) is 14.2. The number of halogens is 3. The molecule has 1 aromatic carbocycles. The number of anilines is 1. The first-order valence-electron chi connectivity index (χ1n) is 9.47. The Labute approximate surface area is 184 Å². The van der Waals surface area contributed by atoms with Crippen LogP contribution in [-0.4, -0.2) is 49.2 Å². The molecule has 0 bridgehead atoms. The molecule has 4 nitrogen and oxygen atoms in total. The van der Waals surface area contributed by atoms with Gasteiger partial charge in [-0.25, -0.2) is 4.99 Å². The number of aryl methyl sites for hydroxylation is 1. The molecule has 164 valence electrons. The summed E-state index contributed by atoms with van der Waals surface area (Å²) in [6.07, 6.45) is 0.869. The monoisotopic (exact) mass is 456 g/mol. The minimum Gasteiger partial charge on any atom is -0.393 e. The maximum atomic E-state index is 12.8. The molecule has 1 aromatic rings. The minimum atomic E-state index is -4.49. The number of benzene rings is 1. The van der Waals surface area contributed by atoms with E-state index in [-0.39, 0.29) is 5.96 Å². The van der Waals surface area contributed by atoms with Crippen LogP contribution in [0.2, 0.25) is 0 Å². The van der Waals surface area contributed by atoms with Crippen molar-refractivity contribution in [3.63, 3.8) is 0 Å². The molecular weight excluding hydrogens is 429 g/mol. The van der Waals surface area contributed by atoms with E-state index in [1.165, 1.54) is 12.6 Å². The number of thioether (sulfide) groups is 2. The first-order valence-corrected chi connectivity index (χ1v) is 11.6. The van der Waals surface area contributed by atoms with Gasteiger partial charge in [-0.1, -0.05) is 17.7 Å². The molecule has 0 saturated carbocycles. The van der Waals surface area contributed by atoms with Gasteiger partial charge in [-0.2, -0.15) is 24.9 Å². The molecule has 2 rings (SSSR count). The van der Waals surface area contributed by atoms with E-state index in [0.29, 0.717) is 5.69 Å². The molecule has 2 N–H and O–H groups in total. The number of hydrogen-bond donors (Lipinski definition) is 2. The fourth-order valence-corrected chi connectivity index (χ4v) is 4.70. The molecule has 0 fully saturated rings. The topological polar surface area (TPSA) is 48.8 Å². The Bertz CT molecular complexity index is 858. The Morgan fingerprint density at radius 3 is 2.67 bits per heavy atom. The lowest BCUT2D eigenvalue weighted by Gasteiger charge is -2.15. The maximum absolute atomic E-state index is 12.8. The molecule has 30 heavy (non-hydrogen) atoms. The second kappa shape index (κ2) is 11.5. The largest absolute Gasteiger partial charge is 0.429 e. The molecule has 1 aliphatic rings. The molecule has 0 unspecified atom stereocenters. The SMILES string of the molecule is CN=C(/N=C(\C)C(F)(F)F)Nc1cc(C)cc(/C(=C/NC)SCC2=CCSCC2)c1. The Morgan fingerprint density at radius 1 is 1.30 bits per heavy atom. The van der Waals surface area contributed by atoms with Crippen LogP contribution in [0, 0.1) is 6.92 Å². The Kier molecular flexibility index (Phi) is 9.36. The van der Waals surface area contributed by atoms with Gasteiger partial charge in [0.1, 0.15) is 5.71 Å². The second-order valence-electron chi connectivity index (χ2n) is 6.73. The fraction of sp³-hybridized carbons (Fsp3) is 0.429. The molecule has 0 spiro atoms. The number of hydrogen-bond acceptors (Lipinski definition) is 4. The Hall–Kier alpha value is -1.87. The summed E-state index contributed by atoms with van der Waals surface area (Å²) in [4.78, 5) is 8.50. The summed E-state index contributed by atoms with van der Waals surface area (Å²) in [6, 6.07) is 5.81. The van der Waals surface area contributed by atoms with E-state index in [0.717, 1.165) is 46.6 Å². The molecule has 0 aromatic heterocycles. The summed E-state index contributed by atoms with van der Waals surface area (Å²) in [5, 5.41) is 6.00. The van der Waals surface area contributed by atoms with Gasteiger partial charge in [-0.05, 0) is 49.3 Å². The molecule has 1 heterocycles. The molecular formula is C21H27F3N4S2. The molecule has 0 atom stereocenters. The molecule has 9 heteroatoms. The number of nitrogens with zero attached hydrogens (tertiary/aromatic N) is 2. The van der Waals surface area contributed by atoms with Crippen molar-refractivity contribution in [2.45, 2.75) is 26.4 Å². The van der Waals surface area contributed by atoms with Crippen molar-refractivity contribution in [1.82, 2.24) is 5.32 Å². The molecule has 1 aliphatic heterocycles. The zero-order valence-electron chi connectivity index (χ0n) is 17.6. The summed E-state index contributed by atoms with van der Waals surface area (Å²) < 4.78 is 38.4. The van der Waals surface area contributed by atoms with Crippen LogP contribution in [0.1, 0.15) is 24.5 Å². The van der Waals surface area contributed by atoms with Gasteiger partial charge in [-0.15, -0.1) is 11.8 Å². The number of guanidine groups is 1. The normalized spacial score (nSPS) is 16.4. The van der Waals surface area contributed by atoms with Crippen LogP contribution in [0.3, 0.4) is 0 Å². The van der Waals surface area contributed by atoms with E-state index >= 15 is 0 Å². The van der Waals surface area contributed by atoms with Crippen LogP contribution in [0.15, 0.2) is 46.0 Å². The number of aliphatic imine (C=N–C) groups is 2. The minimum absolute atomic E-state index is 0.0852. The van der Waals surface area contributed by atoms with E-state index in [4.69, 9.17) is 0 Å². The van der Waals surface area contributed by atoms with E-state index in [1.807, 2.05) is 44.1 Å². The summed E-state index contributed by atoms with van der Waals surface area (Å²) in [5.41, 5.74) is 3.10. The van der Waals surface area contributed by atoms with Crippen LogP contribution in [0.5, 0.6) is 0 Å². The van der Waals surface area contributed by atoms with Gasteiger partial charge < -0.3 is 10.6 Å². The lowest BCUT2D eigenvalue weighted by molar-refractivity contribution is -0.0590. The smallest absolute Gasteiger partial charge is 0.393 e. The van der Waals surface area contributed by atoms with Crippen molar-refractivity contribution in [2.24, 2.45) is 9.98 Å². The van der Waals surface area contributed by atoms with Crippen molar-refractivity contribution in [2.75, 3.05) is 36.7 Å². The van der Waals surface area contributed by atoms with Gasteiger partial charge >= 0.3 is 6.18 Å².